The topological polar surface area (TPSA) is 147 Å². The summed E-state index contributed by atoms with van der Waals surface area (Å²) in [5.41, 5.74) is 4.98. The summed E-state index contributed by atoms with van der Waals surface area (Å²) in [6.07, 6.45) is 0.640. The highest BCUT2D eigenvalue weighted by atomic mass is 16.5. The van der Waals surface area contributed by atoms with Crippen LogP contribution in [0.15, 0.2) is 97.1 Å². The Labute approximate surface area is 289 Å². The van der Waals surface area contributed by atoms with Crippen LogP contribution in [0.1, 0.15) is 52.1 Å². The van der Waals surface area contributed by atoms with Gasteiger partial charge in [-0.3, -0.25) is 9.59 Å². The molecule has 0 radical (unpaired) electrons. The lowest BCUT2D eigenvalue weighted by Crippen LogP contribution is -2.28. The summed E-state index contributed by atoms with van der Waals surface area (Å²) in [4.78, 5) is 38.1. The van der Waals surface area contributed by atoms with E-state index in [1.54, 1.807) is 59.5 Å². The summed E-state index contributed by atoms with van der Waals surface area (Å²) in [7, 11) is 0. The third-order valence-corrected chi connectivity index (χ3v) is 7.94. The summed E-state index contributed by atoms with van der Waals surface area (Å²) in [6, 6.07) is 28.7. The van der Waals surface area contributed by atoms with Gasteiger partial charge < -0.3 is 24.8 Å². The summed E-state index contributed by atoms with van der Waals surface area (Å²) in [6.45, 7) is 8.87. The number of hydrogen-bond donors (Lipinski definition) is 3. The van der Waals surface area contributed by atoms with Crippen LogP contribution in [-0.2, 0) is 4.79 Å². The van der Waals surface area contributed by atoms with Crippen molar-refractivity contribution in [3.63, 3.8) is 0 Å². The van der Waals surface area contributed by atoms with Crippen LogP contribution in [0.5, 0.6) is 17.2 Å². The number of esters is 1. The van der Waals surface area contributed by atoms with Gasteiger partial charge in [0.15, 0.2) is 0 Å². The van der Waals surface area contributed by atoms with Crippen molar-refractivity contribution >= 4 is 45.3 Å². The van der Waals surface area contributed by atoms with E-state index in [0.29, 0.717) is 59.5 Å². The SMILES string of the molecule is CCN(C(C)=O)c1cccc2c(O)c(C(=O)NCCCOc3ccc(C)cc3C)ccc12.O=C(Oc1ccccc1)c1ccc2n[nH]nc2c1. The first-order valence-corrected chi connectivity index (χ1v) is 16.2. The molecule has 0 saturated carbocycles. The molecule has 6 aromatic rings. The minimum absolute atomic E-state index is 0.0793. The minimum Gasteiger partial charge on any atom is -0.506 e. The molecule has 256 valence electrons. The maximum absolute atomic E-state index is 12.6. The van der Waals surface area contributed by atoms with Crippen molar-refractivity contribution in [2.45, 2.75) is 34.1 Å². The maximum atomic E-state index is 12.6. The Bertz CT molecular complexity index is 2130. The zero-order chi connectivity index (χ0) is 35.6. The zero-order valence-corrected chi connectivity index (χ0v) is 28.4. The van der Waals surface area contributed by atoms with Gasteiger partial charge in [-0.15, -0.1) is 0 Å². The molecule has 0 aliphatic heterocycles. The number of hydrogen-bond acceptors (Lipinski definition) is 8. The van der Waals surface area contributed by atoms with E-state index in [0.717, 1.165) is 16.7 Å². The molecular formula is C39H39N5O6. The van der Waals surface area contributed by atoms with Crippen molar-refractivity contribution in [2.75, 3.05) is 24.6 Å². The summed E-state index contributed by atoms with van der Waals surface area (Å²) < 4.78 is 11.0. The van der Waals surface area contributed by atoms with E-state index in [1.165, 1.54) is 12.5 Å². The highest BCUT2D eigenvalue weighted by Gasteiger charge is 2.18. The molecule has 1 heterocycles. The third-order valence-electron chi connectivity index (χ3n) is 7.94. The molecule has 3 N–H and O–H groups in total. The first-order chi connectivity index (χ1) is 24.2. The van der Waals surface area contributed by atoms with Gasteiger partial charge in [-0.2, -0.15) is 15.4 Å². The average Bonchev–Trinajstić information content (AvgIpc) is 3.58. The number of nitrogens with zero attached hydrogens (tertiary/aromatic N) is 3. The van der Waals surface area contributed by atoms with Gasteiger partial charge in [-0.25, -0.2) is 4.79 Å². The predicted octanol–water partition coefficient (Wildman–Crippen LogP) is 6.91. The largest absolute Gasteiger partial charge is 0.506 e. The van der Waals surface area contributed by atoms with Crippen molar-refractivity contribution in [2.24, 2.45) is 0 Å². The fraction of sp³-hybridized carbons (Fsp3) is 0.205. The van der Waals surface area contributed by atoms with E-state index in [2.05, 4.69) is 26.8 Å². The van der Waals surface area contributed by atoms with Crippen LogP contribution in [0.2, 0.25) is 0 Å². The van der Waals surface area contributed by atoms with Gasteiger partial charge in [-0.1, -0.05) is 54.1 Å². The lowest BCUT2D eigenvalue weighted by Gasteiger charge is -2.21. The highest BCUT2D eigenvalue weighted by molar-refractivity contribution is 6.09. The number of rotatable bonds is 10. The first kappa shape index (κ1) is 35.1. The molecule has 0 unspecified atom stereocenters. The number of phenolic OH excluding ortho intramolecular Hbond substituents is 1. The Hall–Kier alpha value is -6.23. The fourth-order valence-corrected chi connectivity index (χ4v) is 5.44. The number of benzene rings is 5. The van der Waals surface area contributed by atoms with Gasteiger partial charge >= 0.3 is 5.97 Å². The van der Waals surface area contributed by atoms with Crippen LogP contribution >= 0.6 is 0 Å². The van der Waals surface area contributed by atoms with Gasteiger partial charge in [0.05, 0.1) is 23.4 Å². The number of carbonyl (C=O) groups excluding carboxylic acids is 3. The highest BCUT2D eigenvalue weighted by Crippen LogP contribution is 2.35. The van der Waals surface area contributed by atoms with Crippen LogP contribution in [0.3, 0.4) is 0 Å². The molecule has 50 heavy (non-hydrogen) atoms. The second-order valence-corrected chi connectivity index (χ2v) is 11.6. The van der Waals surface area contributed by atoms with Crippen molar-refractivity contribution in [1.82, 2.24) is 20.7 Å². The van der Waals surface area contributed by atoms with Crippen LogP contribution in [-0.4, -0.2) is 58.0 Å². The van der Waals surface area contributed by atoms with Crippen LogP contribution in [0, 0.1) is 13.8 Å². The Balaban J connectivity index is 0.000000226. The summed E-state index contributed by atoms with van der Waals surface area (Å²) in [5, 5.41) is 25.2. The molecule has 0 aliphatic carbocycles. The lowest BCUT2D eigenvalue weighted by molar-refractivity contribution is -0.116. The van der Waals surface area contributed by atoms with Crippen molar-refractivity contribution < 1.29 is 29.0 Å². The summed E-state index contributed by atoms with van der Waals surface area (Å²) in [5.74, 6) is 0.433. The first-order valence-electron chi connectivity index (χ1n) is 16.2. The Morgan fingerprint density at radius 3 is 2.38 bits per heavy atom. The lowest BCUT2D eigenvalue weighted by atomic mass is 10.0. The molecule has 0 spiro atoms. The number of aromatic hydroxyl groups is 1. The van der Waals surface area contributed by atoms with E-state index in [4.69, 9.17) is 9.47 Å². The molecule has 0 fully saturated rings. The molecule has 0 saturated heterocycles. The number of ether oxygens (including phenoxy) is 2. The normalized spacial score (nSPS) is 10.6. The number of phenols is 1. The van der Waals surface area contributed by atoms with Gasteiger partial charge in [-0.05, 0) is 81.3 Å². The number of anilines is 1. The van der Waals surface area contributed by atoms with Crippen LogP contribution in [0.4, 0.5) is 5.69 Å². The molecule has 0 bridgehead atoms. The predicted molar refractivity (Wildman–Crippen MR) is 193 cm³/mol. The molecule has 6 rings (SSSR count). The average molecular weight is 674 g/mol. The van der Waals surface area contributed by atoms with Crippen molar-refractivity contribution in [3.05, 3.63) is 119 Å². The van der Waals surface area contributed by atoms with E-state index in [-0.39, 0.29) is 23.1 Å². The van der Waals surface area contributed by atoms with Gasteiger partial charge in [0, 0.05) is 30.8 Å². The third kappa shape index (κ3) is 8.43. The minimum atomic E-state index is -0.411. The Morgan fingerprint density at radius 1 is 0.860 bits per heavy atom. The Morgan fingerprint density at radius 2 is 1.64 bits per heavy atom. The molecule has 11 nitrogen and oxygen atoms in total. The van der Waals surface area contributed by atoms with E-state index < -0.39 is 5.97 Å². The number of fused-ring (bicyclic) bond motifs is 2. The molecule has 11 heteroatoms. The van der Waals surface area contributed by atoms with Crippen molar-refractivity contribution in [3.8, 4) is 17.2 Å². The number of amides is 2. The monoisotopic (exact) mass is 673 g/mol. The van der Waals surface area contributed by atoms with Gasteiger partial charge in [0.1, 0.15) is 28.3 Å². The molecule has 1 aromatic heterocycles. The van der Waals surface area contributed by atoms with E-state index in [1.807, 2.05) is 57.2 Å². The van der Waals surface area contributed by atoms with Gasteiger partial charge in [0.25, 0.3) is 5.91 Å². The van der Waals surface area contributed by atoms with Crippen molar-refractivity contribution in [1.29, 1.82) is 0 Å². The smallest absolute Gasteiger partial charge is 0.343 e. The molecule has 0 atom stereocenters. The quantitative estimate of drug-likeness (QED) is 0.0808. The van der Waals surface area contributed by atoms with E-state index in [9.17, 15) is 19.5 Å². The second-order valence-electron chi connectivity index (χ2n) is 11.6. The number of para-hydroxylation sites is 1. The molecule has 2 amide bonds. The molecule has 5 aromatic carbocycles. The van der Waals surface area contributed by atoms with E-state index >= 15 is 0 Å². The fourth-order valence-electron chi connectivity index (χ4n) is 5.44. The molecule has 0 aliphatic rings. The number of H-pyrrole nitrogens is 1. The standard InChI is InChI=1S/C26H30N2O4.C13H9N3O2/c1-5-28(19(4)29)23-9-6-8-21-20(23)11-12-22(25(21)30)26(31)27-14-7-15-32-24-13-10-17(2)16-18(24)3;17-13(18-10-4-2-1-3-5-10)9-6-7-11-12(8-9)15-16-14-11/h6,8-13,16,30H,5,7,14-15H2,1-4H3,(H,27,31);1-8H,(H,14,15,16). The van der Waals surface area contributed by atoms with Gasteiger partial charge in [0.2, 0.25) is 5.91 Å². The maximum Gasteiger partial charge on any atom is 0.343 e. The second kappa shape index (κ2) is 16.2. The number of aromatic amines is 1. The number of carbonyl (C=O) groups is 3. The Kier molecular flexibility index (Phi) is 11.4. The van der Waals surface area contributed by atoms with Crippen LogP contribution < -0.4 is 19.7 Å². The summed E-state index contributed by atoms with van der Waals surface area (Å²) >= 11 is 0. The zero-order valence-electron chi connectivity index (χ0n) is 28.4. The molecular weight excluding hydrogens is 634 g/mol. The van der Waals surface area contributed by atoms with Crippen LogP contribution in [0.25, 0.3) is 21.8 Å². The number of aromatic nitrogens is 3. The number of nitrogens with one attached hydrogen (secondary N) is 2. The number of aryl methyl sites for hydroxylation is 2.